The summed E-state index contributed by atoms with van der Waals surface area (Å²) in [6, 6.07) is 0. The van der Waals surface area contributed by atoms with Crippen LogP contribution in [0.2, 0.25) is 0 Å². The standard InChI is InChI=1S/C5H10FNO/c1-4(6)3-7-5(2)8/h4H,3H2,1-2H3,(H,7,8). The topological polar surface area (TPSA) is 29.1 Å². The minimum Gasteiger partial charge on any atom is -0.353 e. The zero-order chi connectivity index (χ0) is 6.57. The predicted molar refractivity (Wildman–Crippen MR) is 29.3 cm³/mol. The highest BCUT2D eigenvalue weighted by Crippen LogP contribution is 1.82. The molecule has 0 radical (unpaired) electrons. The van der Waals surface area contributed by atoms with Gasteiger partial charge in [0.05, 0.1) is 0 Å². The number of halogens is 1. The Morgan fingerprint density at radius 2 is 2.38 bits per heavy atom. The Balaban J connectivity index is 3.05. The fourth-order valence-electron chi connectivity index (χ4n) is 0.284. The third kappa shape index (κ3) is 5.40. The number of alkyl halides is 1. The van der Waals surface area contributed by atoms with Gasteiger partial charge >= 0.3 is 0 Å². The molecular weight excluding hydrogens is 109 g/mol. The molecule has 1 unspecified atom stereocenters. The summed E-state index contributed by atoms with van der Waals surface area (Å²) in [4.78, 5) is 10.1. The number of rotatable bonds is 2. The summed E-state index contributed by atoms with van der Waals surface area (Å²) in [7, 11) is 0. The van der Waals surface area contributed by atoms with E-state index in [1.54, 1.807) is 0 Å². The predicted octanol–water partition coefficient (Wildman–Crippen LogP) is 0.481. The van der Waals surface area contributed by atoms with Crippen LogP contribution in [0.5, 0.6) is 0 Å². The van der Waals surface area contributed by atoms with Crippen molar-refractivity contribution in [2.24, 2.45) is 0 Å². The van der Waals surface area contributed by atoms with Gasteiger partial charge in [0.1, 0.15) is 6.17 Å². The zero-order valence-electron chi connectivity index (χ0n) is 5.07. The molecule has 3 heteroatoms. The first-order valence-electron chi connectivity index (χ1n) is 2.51. The molecule has 0 heterocycles. The SMILES string of the molecule is CC(=O)NCC(C)F. The average Bonchev–Trinajstić information content (AvgIpc) is 1.61. The lowest BCUT2D eigenvalue weighted by atomic mass is 10.4. The van der Waals surface area contributed by atoms with Crippen LogP contribution in [0, 0.1) is 0 Å². The molecule has 0 spiro atoms. The van der Waals surface area contributed by atoms with E-state index in [0.29, 0.717) is 0 Å². The highest BCUT2D eigenvalue weighted by atomic mass is 19.1. The van der Waals surface area contributed by atoms with Gasteiger partial charge < -0.3 is 5.32 Å². The van der Waals surface area contributed by atoms with E-state index in [2.05, 4.69) is 5.32 Å². The molecule has 0 saturated heterocycles. The quantitative estimate of drug-likeness (QED) is 0.562. The summed E-state index contributed by atoms with van der Waals surface area (Å²) in [5, 5.41) is 2.33. The van der Waals surface area contributed by atoms with Crippen LogP contribution in [0.1, 0.15) is 13.8 Å². The molecule has 1 amide bonds. The molecule has 0 aliphatic heterocycles. The van der Waals surface area contributed by atoms with E-state index >= 15 is 0 Å². The van der Waals surface area contributed by atoms with Gasteiger partial charge in [0.2, 0.25) is 5.91 Å². The molecular formula is C5H10FNO. The van der Waals surface area contributed by atoms with E-state index in [1.165, 1.54) is 13.8 Å². The van der Waals surface area contributed by atoms with Crippen LogP contribution in [0.15, 0.2) is 0 Å². The second-order valence-electron chi connectivity index (χ2n) is 1.72. The molecule has 0 aromatic heterocycles. The Morgan fingerprint density at radius 1 is 1.88 bits per heavy atom. The highest BCUT2D eigenvalue weighted by Gasteiger charge is 1.96. The number of nitrogens with one attached hydrogen (secondary N) is 1. The maximum Gasteiger partial charge on any atom is 0.216 e. The summed E-state index contributed by atoms with van der Waals surface area (Å²) in [5.74, 6) is -0.186. The van der Waals surface area contributed by atoms with Crippen molar-refractivity contribution in [1.29, 1.82) is 0 Å². The minimum atomic E-state index is -0.945. The Hall–Kier alpha value is -0.600. The van der Waals surface area contributed by atoms with Gasteiger partial charge in [-0.2, -0.15) is 0 Å². The first kappa shape index (κ1) is 7.40. The highest BCUT2D eigenvalue weighted by molar-refractivity contribution is 5.72. The van der Waals surface area contributed by atoms with Crippen LogP contribution >= 0.6 is 0 Å². The fourth-order valence-corrected chi connectivity index (χ4v) is 0.284. The number of carbonyl (C=O) groups is 1. The van der Waals surface area contributed by atoms with E-state index in [4.69, 9.17) is 0 Å². The zero-order valence-corrected chi connectivity index (χ0v) is 5.07. The van der Waals surface area contributed by atoms with E-state index < -0.39 is 6.17 Å². The average molecular weight is 119 g/mol. The van der Waals surface area contributed by atoms with Gasteiger partial charge in [0.25, 0.3) is 0 Å². The normalized spacial score (nSPS) is 12.9. The molecule has 0 rings (SSSR count). The summed E-state index contributed by atoms with van der Waals surface area (Å²) in [5.41, 5.74) is 0. The molecule has 48 valence electrons. The van der Waals surface area contributed by atoms with Crippen molar-refractivity contribution < 1.29 is 9.18 Å². The second kappa shape index (κ2) is 3.41. The Morgan fingerprint density at radius 3 is 2.50 bits per heavy atom. The molecule has 0 aliphatic rings. The number of carbonyl (C=O) groups excluding carboxylic acids is 1. The van der Waals surface area contributed by atoms with Gasteiger partial charge in [0, 0.05) is 13.5 Å². The number of hydrogen-bond acceptors (Lipinski definition) is 1. The van der Waals surface area contributed by atoms with Gasteiger partial charge in [-0.15, -0.1) is 0 Å². The van der Waals surface area contributed by atoms with Gasteiger partial charge in [-0.3, -0.25) is 4.79 Å². The van der Waals surface area contributed by atoms with E-state index in [1.807, 2.05) is 0 Å². The van der Waals surface area contributed by atoms with Gasteiger partial charge in [0.15, 0.2) is 0 Å². The first-order chi connectivity index (χ1) is 3.63. The lowest BCUT2D eigenvalue weighted by Crippen LogP contribution is -2.26. The fraction of sp³-hybridized carbons (Fsp3) is 0.800. The van der Waals surface area contributed by atoms with Crippen LogP contribution < -0.4 is 5.32 Å². The minimum absolute atomic E-state index is 0.120. The van der Waals surface area contributed by atoms with E-state index in [-0.39, 0.29) is 12.5 Å². The van der Waals surface area contributed by atoms with Crippen LogP contribution in [0.25, 0.3) is 0 Å². The smallest absolute Gasteiger partial charge is 0.216 e. The summed E-state index contributed by atoms with van der Waals surface area (Å²) >= 11 is 0. The van der Waals surface area contributed by atoms with Crippen molar-refractivity contribution in [3.8, 4) is 0 Å². The molecule has 0 saturated carbocycles. The van der Waals surface area contributed by atoms with Gasteiger partial charge in [-0.25, -0.2) is 4.39 Å². The largest absolute Gasteiger partial charge is 0.353 e. The van der Waals surface area contributed by atoms with E-state index in [0.717, 1.165) is 0 Å². The van der Waals surface area contributed by atoms with Gasteiger partial charge in [-0.05, 0) is 6.92 Å². The third-order valence-electron chi connectivity index (χ3n) is 0.632. The maximum absolute atomic E-state index is 11.8. The Labute approximate surface area is 48.1 Å². The number of amides is 1. The van der Waals surface area contributed by atoms with Crippen molar-refractivity contribution in [2.75, 3.05) is 6.54 Å². The molecule has 0 aliphatic carbocycles. The van der Waals surface area contributed by atoms with Crippen molar-refractivity contribution in [1.82, 2.24) is 5.32 Å². The van der Waals surface area contributed by atoms with Crippen molar-refractivity contribution >= 4 is 5.91 Å². The van der Waals surface area contributed by atoms with E-state index in [9.17, 15) is 9.18 Å². The monoisotopic (exact) mass is 119 g/mol. The molecule has 0 aromatic carbocycles. The van der Waals surface area contributed by atoms with Gasteiger partial charge in [-0.1, -0.05) is 0 Å². The molecule has 0 aromatic rings. The summed E-state index contributed by atoms with van der Waals surface area (Å²) < 4.78 is 11.8. The lowest BCUT2D eigenvalue weighted by molar-refractivity contribution is -0.119. The first-order valence-corrected chi connectivity index (χ1v) is 2.51. The Kier molecular flexibility index (Phi) is 3.15. The number of hydrogen-bond donors (Lipinski definition) is 1. The molecule has 1 atom stereocenters. The molecule has 8 heavy (non-hydrogen) atoms. The summed E-state index contributed by atoms with van der Waals surface area (Å²) in [6.45, 7) is 2.88. The molecule has 2 nitrogen and oxygen atoms in total. The van der Waals surface area contributed by atoms with Crippen molar-refractivity contribution in [3.63, 3.8) is 0 Å². The second-order valence-corrected chi connectivity index (χ2v) is 1.72. The molecule has 0 bridgehead atoms. The molecule has 0 fully saturated rings. The van der Waals surface area contributed by atoms with Crippen molar-refractivity contribution in [2.45, 2.75) is 20.0 Å². The van der Waals surface area contributed by atoms with Crippen LogP contribution in [0.4, 0.5) is 4.39 Å². The van der Waals surface area contributed by atoms with Crippen LogP contribution in [-0.2, 0) is 4.79 Å². The summed E-state index contributed by atoms with van der Waals surface area (Å²) in [6.07, 6.45) is -0.945. The van der Waals surface area contributed by atoms with Crippen LogP contribution in [-0.4, -0.2) is 18.6 Å². The molecule has 1 N–H and O–H groups in total. The lowest BCUT2D eigenvalue weighted by Gasteiger charge is -1.99. The third-order valence-corrected chi connectivity index (χ3v) is 0.632. The maximum atomic E-state index is 11.8. The Bertz CT molecular complexity index is 82.5. The van der Waals surface area contributed by atoms with Crippen LogP contribution in [0.3, 0.4) is 0 Å². The van der Waals surface area contributed by atoms with Crippen molar-refractivity contribution in [3.05, 3.63) is 0 Å².